The Morgan fingerprint density at radius 1 is 1.06 bits per heavy atom. The molecule has 1 fully saturated rings. The van der Waals surface area contributed by atoms with Gasteiger partial charge in [0, 0.05) is 43.3 Å². The van der Waals surface area contributed by atoms with Gasteiger partial charge in [-0.15, -0.1) is 0 Å². The maximum atomic E-state index is 12.8. The van der Waals surface area contributed by atoms with Crippen molar-refractivity contribution in [2.24, 2.45) is 0 Å². The Kier molecular flexibility index (Phi) is 5.02. The van der Waals surface area contributed by atoms with E-state index in [0.29, 0.717) is 42.8 Å². The first-order valence-electron chi connectivity index (χ1n) is 10.4. The Morgan fingerprint density at radius 3 is 2.66 bits per heavy atom. The van der Waals surface area contributed by atoms with Crippen LogP contribution in [-0.2, 0) is 0 Å². The number of hydrogen-bond donors (Lipinski definition) is 3. The molecule has 4 aromatic heterocycles. The maximum Gasteiger partial charge on any atom is 0.327 e. The zero-order valence-electron chi connectivity index (χ0n) is 17.1. The van der Waals surface area contributed by atoms with Crippen LogP contribution in [0.3, 0.4) is 0 Å². The molecule has 4 aromatic rings. The third-order valence-corrected chi connectivity index (χ3v) is 5.71. The number of aromatic amines is 2. The lowest BCUT2D eigenvalue weighted by Crippen LogP contribution is -2.43. The van der Waals surface area contributed by atoms with Crippen LogP contribution in [0.15, 0.2) is 64.6 Å². The van der Waals surface area contributed by atoms with E-state index in [2.05, 4.69) is 25.3 Å². The van der Waals surface area contributed by atoms with Gasteiger partial charge >= 0.3 is 11.7 Å². The van der Waals surface area contributed by atoms with Gasteiger partial charge in [-0.25, -0.2) is 14.6 Å². The van der Waals surface area contributed by atoms with Gasteiger partial charge in [0.1, 0.15) is 5.69 Å². The van der Waals surface area contributed by atoms with Crippen LogP contribution in [0.5, 0.6) is 0 Å². The van der Waals surface area contributed by atoms with Gasteiger partial charge in [-0.1, -0.05) is 6.07 Å². The fourth-order valence-corrected chi connectivity index (χ4v) is 4.10. The van der Waals surface area contributed by atoms with Crippen molar-refractivity contribution in [2.75, 3.05) is 18.4 Å². The van der Waals surface area contributed by atoms with Crippen molar-refractivity contribution in [3.8, 4) is 11.3 Å². The molecule has 5 heterocycles. The van der Waals surface area contributed by atoms with E-state index in [0.717, 1.165) is 5.52 Å². The smallest absolute Gasteiger partial charge is 0.327 e. The van der Waals surface area contributed by atoms with E-state index in [-0.39, 0.29) is 29.0 Å². The summed E-state index contributed by atoms with van der Waals surface area (Å²) >= 11 is 0. The Morgan fingerprint density at radius 2 is 1.88 bits per heavy atom. The highest BCUT2D eigenvalue weighted by Crippen LogP contribution is 2.25. The number of anilines is 1. The SMILES string of the molecule is O=C(Nc1cc(-c2ccccn2)c[nH]c1=O)N1CCC(n2c(=O)[nH]c3ncccc32)CC1. The van der Waals surface area contributed by atoms with E-state index in [4.69, 9.17) is 0 Å². The quantitative estimate of drug-likeness (QED) is 0.459. The molecule has 0 aliphatic carbocycles. The first-order valence-corrected chi connectivity index (χ1v) is 10.4. The second-order valence-corrected chi connectivity index (χ2v) is 7.67. The number of imidazole rings is 1. The third-order valence-electron chi connectivity index (χ3n) is 5.71. The van der Waals surface area contributed by atoms with Gasteiger partial charge in [0.15, 0.2) is 5.65 Å². The highest BCUT2D eigenvalue weighted by Gasteiger charge is 2.26. The molecule has 0 spiro atoms. The van der Waals surface area contributed by atoms with Crippen LogP contribution >= 0.6 is 0 Å². The first-order chi connectivity index (χ1) is 15.6. The van der Waals surface area contributed by atoms with Crippen molar-refractivity contribution in [2.45, 2.75) is 18.9 Å². The Hall–Kier alpha value is -4.21. The summed E-state index contributed by atoms with van der Waals surface area (Å²) in [5, 5.41) is 2.71. The largest absolute Gasteiger partial charge is 0.327 e. The lowest BCUT2D eigenvalue weighted by molar-refractivity contribution is 0.184. The molecule has 0 unspecified atom stereocenters. The normalized spacial score (nSPS) is 14.6. The van der Waals surface area contributed by atoms with Crippen LogP contribution in [0.1, 0.15) is 18.9 Å². The number of amides is 2. The van der Waals surface area contributed by atoms with Crippen molar-refractivity contribution in [3.63, 3.8) is 0 Å². The monoisotopic (exact) mass is 431 g/mol. The second kappa shape index (κ2) is 8.14. The number of pyridine rings is 3. The summed E-state index contributed by atoms with van der Waals surface area (Å²) in [6.07, 6.45) is 6.12. The van der Waals surface area contributed by atoms with Gasteiger partial charge in [0.25, 0.3) is 5.56 Å². The summed E-state index contributed by atoms with van der Waals surface area (Å²) in [5.74, 6) is 0. The lowest BCUT2D eigenvalue weighted by Gasteiger charge is -2.32. The molecule has 10 heteroatoms. The molecule has 0 radical (unpaired) electrons. The summed E-state index contributed by atoms with van der Waals surface area (Å²) in [6.45, 7) is 0.932. The molecule has 32 heavy (non-hydrogen) atoms. The topological polar surface area (TPSA) is 129 Å². The fourth-order valence-electron chi connectivity index (χ4n) is 4.10. The van der Waals surface area contributed by atoms with E-state index >= 15 is 0 Å². The maximum absolute atomic E-state index is 12.8. The van der Waals surface area contributed by atoms with E-state index in [1.54, 1.807) is 40.2 Å². The van der Waals surface area contributed by atoms with Gasteiger partial charge in [-0.2, -0.15) is 0 Å². The molecular formula is C22H21N7O3. The molecule has 0 saturated carbocycles. The van der Waals surface area contributed by atoms with Crippen molar-refractivity contribution >= 4 is 22.9 Å². The molecule has 1 saturated heterocycles. The third kappa shape index (κ3) is 3.66. The number of piperidine rings is 1. The van der Waals surface area contributed by atoms with Crippen molar-refractivity contribution in [1.29, 1.82) is 0 Å². The van der Waals surface area contributed by atoms with Gasteiger partial charge < -0.3 is 15.2 Å². The Bertz CT molecular complexity index is 1380. The molecule has 0 aromatic carbocycles. The predicted octanol–water partition coefficient (Wildman–Crippen LogP) is 2.34. The minimum Gasteiger partial charge on any atom is -0.327 e. The Balaban J connectivity index is 1.29. The molecular weight excluding hydrogens is 410 g/mol. The standard InChI is InChI=1S/C22H21N7O3/c30-20-17(12-14(13-25-20)16-4-1-2-8-23-16)26-21(31)28-10-6-15(7-11-28)29-18-5-3-9-24-19(18)27-22(29)32/h1-5,8-9,12-13,15H,6-7,10-11H2,(H,25,30)(H,26,31)(H,24,27,32). The molecule has 162 valence electrons. The number of hydrogen-bond acceptors (Lipinski definition) is 5. The number of likely N-dealkylation sites (tertiary alicyclic amines) is 1. The average Bonchev–Trinajstić information content (AvgIpc) is 3.16. The number of aromatic nitrogens is 5. The predicted molar refractivity (Wildman–Crippen MR) is 120 cm³/mol. The van der Waals surface area contributed by atoms with Crippen molar-refractivity contribution in [3.05, 3.63) is 75.8 Å². The highest BCUT2D eigenvalue weighted by atomic mass is 16.2. The van der Waals surface area contributed by atoms with Crippen LogP contribution < -0.4 is 16.6 Å². The molecule has 2 amide bonds. The number of nitrogens with one attached hydrogen (secondary N) is 3. The molecule has 0 bridgehead atoms. The Labute approximate surface area is 182 Å². The van der Waals surface area contributed by atoms with E-state index < -0.39 is 0 Å². The highest BCUT2D eigenvalue weighted by molar-refractivity contribution is 5.89. The number of nitrogens with zero attached hydrogens (tertiary/aromatic N) is 4. The van der Waals surface area contributed by atoms with Crippen LogP contribution in [0.25, 0.3) is 22.4 Å². The van der Waals surface area contributed by atoms with Crippen molar-refractivity contribution in [1.82, 2.24) is 29.4 Å². The van der Waals surface area contributed by atoms with E-state index in [1.807, 2.05) is 24.3 Å². The number of H-pyrrole nitrogens is 2. The molecule has 5 rings (SSSR count). The van der Waals surface area contributed by atoms with Gasteiger partial charge in [-0.05, 0) is 43.2 Å². The number of carbonyl (C=O) groups excluding carboxylic acids is 1. The second-order valence-electron chi connectivity index (χ2n) is 7.67. The fraction of sp³-hybridized carbons (Fsp3) is 0.227. The molecule has 0 atom stereocenters. The number of fused-ring (bicyclic) bond motifs is 1. The average molecular weight is 431 g/mol. The molecule has 10 nitrogen and oxygen atoms in total. The summed E-state index contributed by atoms with van der Waals surface area (Å²) in [6, 6.07) is 10.4. The molecule has 3 N–H and O–H groups in total. The summed E-state index contributed by atoms with van der Waals surface area (Å²) in [7, 11) is 0. The van der Waals surface area contributed by atoms with E-state index in [9.17, 15) is 14.4 Å². The van der Waals surface area contributed by atoms with Gasteiger partial charge in [0.2, 0.25) is 0 Å². The van der Waals surface area contributed by atoms with Crippen LogP contribution in [0.4, 0.5) is 10.5 Å². The zero-order chi connectivity index (χ0) is 22.1. The zero-order valence-corrected chi connectivity index (χ0v) is 17.1. The summed E-state index contributed by atoms with van der Waals surface area (Å²) in [4.78, 5) is 53.0. The number of rotatable bonds is 3. The molecule has 1 aliphatic rings. The van der Waals surface area contributed by atoms with Crippen LogP contribution in [0.2, 0.25) is 0 Å². The summed E-state index contributed by atoms with van der Waals surface area (Å²) < 4.78 is 1.72. The van der Waals surface area contributed by atoms with Gasteiger partial charge in [-0.3, -0.25) is 19.3 Å². The first kappa shape index (κ1) is 19.7. The van der Waals surface area contributed by atoms with Crippen molar-refractivity contribution < 1.29 is 4.79 Å². The van der Waals surface area contributed by atoms with Crippen LogP contribution in [-0.4, -0.2) is 48.5 Å². The minimum absolute atomic E-state index is 0.0274. The van der Waals surface area contributed by atoms with E-state index in [1.165, 1.54) is 0 Å². The lowest BCUT2D eigenvalue weighted by atomic mass is 10.0. The number of urea groups is 1. The number of carbonyl (C=O) groups is 1. The molecule has 1 aliphatic heterocycles. The van der Waals surface area contributed by atoms with Gasteiger partial charge in [0.05, 0.1) is 11.2 Å². The minimum atomic E-state index is -0.384. The van der Waals surface area contributed by atoms with Crippen LogP contribution in [0, 0.1) is 0 Å². The summed E-state index contributed by atoms with van der Waals surface area (Å²) in [5.41, 5.74) is 2.30.